The number of hydrogen-bond donors (Lipinski definition) is 0. The number of carbonyl (C=O) groups is 1. The summed E-state index contributed by atoms with van der Waals surface area (Å²) in [4.78, 5) is 13.3. The summed E-state index contributed by atoms with van der Waals surface area (Å²) in [5.41, 5.74) is -1.19. The van der Waals surface area contributed by atoms with E-state index < -0.39 is 26.7 Å². The Morgan fingerprint density at radius 3 is 2.45 bits per heavy atom. The molecule has 0 spiro atoms. The quantitative estimate of drug-likeness (QED) is 0.596. The summed E-state index contributed by atoms with van der Waals surface area (Å²) in [6, 6.07) is 4.52. The van der Waals surface area contributed by atoms with Crippen molar-refractivity contribution in [2.24, 2.45) is 0 Å². The minimum atomic E-state index is -4.78. The second kappa shape index (κ2) is 8.43. The Morgan fingerprint density at radius 1 is 1.13 bits per heavy atom. The molecule has 1 saturated carbocycles. The molecule has 4 rings (SSSR count). The third-order valence-electron chi connectivity index (χ3n) is 5.21. The number of nitrogens with zero attached hydrogens (tertiary/aromatic N) is 5. The highest BCUT2D eigenvalue weighted by Gasteiger charge is 2.39. The van der Waals surface area contributed by atoms with E-state index in [1.165, 1.54) is 22.7 Å². The van der Waals surface area contributed by atoms with Crippen molar-refractivity contribution in [3.05, 3.63) is 36.2 Å². The molecule has 2 fully saturated rings. The predicted octanol–water partition coefficient (Wildman–Crippen LogP) is 2.26. The SMILES string of the molecule is O=C(CSc1nncn1C1CC1)N1CCN(S(=O)(=O)c2ccccc2C(F)(F)F)CC1. The van der Waals surface area contributed by atoms with E-state index in [2.05, 4.69) is 10.2 Å². The van der Waals surface area contributed by atoms with Gasteiger partial charge in [0.05, 0.1) is 16.2 Å². The zero-order chi connectivity index (χ0) is 22.2. The van der Waals surface area contributed by atoms with Gasteiger partial charge in [-0.2, -0.15) is 17.5 Å². The number of alkyl halides is 3. The molecule has 1 aromatic heterocycles. The third-order valence-corrected chi connectivity index (χ3v) is 8.11. The van der Waals surface area contributed by atoms with Gasteiger partial charge in [-0.3, -0.25) is 4.79 Å². The van der Waals surface area contributed by atoms with Crippen LogP contribution in [-0.4, -0.2) is 70.2 Å². The van der Waals surface area contributed by atoms with Crippen molar-refractivity contribution in [2.45, 2.75) is 35.1 Å². The van der Waals surface area contributed by atoms with Gasteiger partial charge in [-0.15, -0.1) is 10.2 Å². The first-order valence-electron chi connectivity index (χ1n) is 9.64. The number of piperazine rings is 1. The molecular formula is C18H20F3N5O3S2. The van der Waals surface area contributed by atoms with E-state index in [0.29, 0.717) is 11.2 Å². The highest BCUT2D eigenvalue weighted by molar-refractivity contribution is 7.99. The Balaban J connectivity index is 1.37. The molecule has 2 aromatic rings. The van der Waals surface area contributed by atoms with Crippen molar-refractivity contribution < 1.29 is 26.4 Å². The average Bonchev–Trinajstić information content (AvgIpc) is 3.49. The molecule has 13 heteroatoms. The zero-order valence-corrected chi connectivity index (χ0v) is 18.0. The number of halogens is 3. The Morgan fingerprint density at radius 2 is 1.81 bits per heavy atom. The van der Waals surface area contributed by atoms with E-state index in [0.717, 1.165) is 35.3 Å². The summed E-state index contributed by atoms with van der Waals surface area (Å²) in [6.45, 7) is 0.0939. The van der Waals surface area contributed by atoms with Gasteiger partial charge in [0.15, 0.2) is 5.16 Å². The molecule has 2 aliphatic rings. The summed E-state index contributed by atoms with van der Waals surface area (Å²) in [6.07, 6.45) is -1.01. The molecule has 1 aliphatic carbocycles. The molecule has 0 atom stereocenters. The fourth-order valence-electron chi connectivity index (χ4n) is 3.40. The lowest BCUT2D eigenvalue weighted by Gasteiger charge is -2.34. The molecule has 0 bridgehead atoms. The van der Waals surface area contributed by atoms with Gasteiger partial charge in [0, 0.05) is 32.2 Å². The average molecular weight is 476 g/mol. The van der Waals surface area contributed by atoms with Crippen LogP contribution in [0.3, 0.4) is 0 Å². The van der Waals surface area contributed by atoms with E-state index in [4.69, 9.17) is 0 Å². The smallest absolute Gasteiger partial charge is 0.339 e. The van der Waals surface area contributed by atoms with Crippen molar-refractivity contribution in [1.82, 2.24) is 24.0 Å². The van der Waals surface area contributed by atoms with Gasteiger partial charge in [-0.1, -0.05) is 23.9 Å². The molecule has 31 heavy (non-hydrogen) atoms. The monoisotopic (exact) mass is 475 g/mol. The van der Waals surface area contributed by atoms with Crippen LogP contribution in [0.25, 0.3) is 0 Å². The molecule has 1 aromatic carbocycles. The highest BCUT2D eigenvalue weighted by Crippen LogP contribution is 2.37. The number of amides is 1. The molecule has 168 valence electrons. The van der Waals surface area contributed by atoms with Gasteiger partial charge in [0.1, 0.15) is 6.33 Å². The van der Waals surface area contributed by atoms with Crippen molar-refractivity contribution in [3.8, 4) is 0 Å². The minimum Gasteiger partial charge on any atom is -0.339 e. The maximum Gasteiger partial charge on any atom is 0.417 e. The number of sulfonamides is 1. The largest absolute Gasteiger partial charge is 0.417 e. The number of carbonyl (C=O) groups excluding carboxylic acids is 1. The molecule has 0 unspecified atom stereocenters. The van der Waals surface area contributed by atoms with Gasteiger partial charge >= 0.3 is 6.18 Å². The summed E-state index contributed by atoms with van der Waals surface area (Å²) in [7, 11) is -4.33. The van der Waals surface area contributed by atoms with Crippen molar-refractivity contribution >= 4 is 27.7 Å². The van der Waals surface area contributed by atoms with E-state index in [1.54, 1.807) is 6.33 Å². The number of aromatic nitrogens is 3. The topological polar surface area (TPSA) is 88.4 Å². The third kappa shape index (κ3) is 4.72. The lowest BCUT2D eigenvalue weighted by atomic mass is 10.2. The Labute approximate surface area is 181 Å². The second-order valence-electron chi connectivity index (χ2n) is 7.32. The van der Waals surface area contributed by atoms with Crippen LogP contribution in [-0.2, 0) is 21.0 Å². The second-order valence-corrected chi connectivity index (χ2v) is 10.2. The van der Waals surface area contributed by atoms with Crippen molar-refractivity contribution in [1.29, 1.82) is 0 Å². The lowest BCUT2D eigenvalue weighted by Crippen LogP contribution is -2.51. The van der Waals surface area contributed by atoms with Crippen LogP contribution in [0.4, 0.5) is 13.2 Å². The predicted molar refractivity (Wildman–Crippen MR) is 106 cm³/mol. The fourth-order valence-corrected chi connectivity index (χ4v) is 5.92. The Hall–Kier alpha value is -2.12. The summed E-state index contributed by atoms with van der Waals surface area (Å²) in [5.74, 6) is -0.0437. The van der Waals surface area contributed by atoms with Crippen LogP contribution in [0.5, 0.6) is 0 Å². The first-order chi connectivity index (χ1) is 14.7. The molecule has 1 saturated heterocycles. The molecule has 1 aliphatic heterocycles. The maximum absolute atomic E-state index is 13.2. The fraction of sp³-hybridized carbons (Fsp3) is 0.500. The van der Waals surface area contributed by atoms with E-state index >= 15 is 0 Å². The van der Waals surface area contributed by atoms with Crippen LogP contribution >= 0.6 is 11.8 Å². The Kier molecular flexibility index (Phi) is 6.01. The van der Waals surface area contributed by atoms with E-state index in [9.17, 15) is 26.4 Å². The molecule has 0 N–H and O–H groups in total. The summed E-state index contributed by atoms with van der Waals surface area (Å²) in [5, 5.41) is 8.57. The molecular weight excluding hydrogens is 455 g/mol. The van der Waals surface area contributed by atoms with Gasteiger partial charge in [-0.25, -0.2) is 8.42 Å². The van der Waals surface area contributed by atoms with Gasteiger partial charge in [0.2, 0.25) is 15.9 Å². The van der Waals surface area contributed by atoms with Crippen molar-refractivity contribution in [3.63, 3.8) is 0 Å². The van der Waals surface area contributed by atoms with Crippen LogP contribution in [0, 0.1) is 0 Å². The van der Waals surface area contributed by atoms with Crippen LogP contribution in [0.15, 0.2) is 40.6 Å². The van der Waals surface area contributed by atoms with Gasteiger partial charge in [0.25, 0.3) is 0 Å². The molecule has 0 radical (unpaired) electrons. The highest BCUT2D eigenvalue weighted by atomic mass is 32.2. The van der Waals surface area contributed by atoms with Crippen LogP contribution in [0.2, 0.25) is 0 Å². The zero-order valence-electron chi connectivity index (χ0n) is 16.3. The first kappa shape index (κ1) is 22.1. The molecule has 1 amide bonds. The lowest BCUT2D eigenvalue weighted by molar-refractivity contribution is -0.139. The number of rotatable bonds is 6. The summed E-state index contributed by atoms with van der Waals surface area (Å²) < 4.78 is 68.3. The summed E-state index contributed by atoms with van der Waals surface area (Å²) >= 11 is 1.27. The maximum atomic E-state index is 13.2. The molecule has 8 nitrogen and oxygen atoms in total. The van der Waals surface area contributed by atoms with Crippen molar-refractivity contribution in [2.75, 3.05) is 31.9 Å². The van der Waals surface area contributed by atoms with Gasteiger partial charge in [-0.05, 0) is 25.0 Å². The standard InChI is InChI=1S/C18H20F3N5O3S2/c19-18(20,21)14-3-1-2-4-15(14)31(28,29)25-9-7-24(8-10-25)16(27)11-30-17-23-22-12-26(17)13-5-6-13/h1-4,12-13H,5-11H2. The van der Waals surface area contributed by atoms with E-state index in [-0.39, 0.29) is 37.8 Å². The Bertz CT molecular complexity index is 1060. The van der Waals surface area contributed by atoms with E-state index in [1.807, 2.05) is 4.57 Å². The van der Waals surface area contributed by atoms with Gasteiger partial charge < -0.3 is 9.47 Å². The molecule has 2 heterocycles. The van der Waals surface area contributed by atoms with Crippen LogP contribution in [0.1, 0.15) is 24.4 Å². The normalized spacial score (nSPS) is 18.4. The van der Waals surface area contributed by atoms with Crippen LogP contribution < -0.4 is 0 Å². The minimum absolute atomic E-state index is 0.0663. The number of benzene rings is 1. The number of hydrogen-bond acceptors (Lipinski definition) is 6. The first-order valence-corrected chi connectivity index (χ1v) is 12.1. The number of thioether (sulfide) groups is 1.